The van der Waals surface area contributed by atoms with E-state index in [9.17, 15) is 4.79 Å². The van der Waals surface area contributed by atoms with Crippen molar-refractivity contribution in [3.8, 4) is 0 Å². The number of carbonyl (C=O) groups excluding carboxylic acids is 1. The molecular formula is C15H29NO4. The van der Waals surface area contributed by atoms with Gasteiger partial charge in [0.1, 0.15) is 0 Å². The minimum Gasteiger partial charge on any atom is -0.462 e. The van der Waals surface area contributed by atoms with E-state index in [1.807, 2.05) is 0 Å². The molecule has 0 aliphatic carbocycles. The van der Waals surface area contributed by atoms with Gasteiger partial charge in [0.25, 0.3) is 0 Å². The van der Waals surface area contributed by atoms with E-state index >= 15 is 0 Å². The maximum absolute atomic E-state index is 11.5. The zero-order valence-corrected chi connectivity index (χ0v) is 12.9. The first kappa shape index (κ1) is 20.9. The van der Waals surface area contributed by atoms with Crippen LogP contribution in [0.15, 0.2) is 17.5 Å². The van der Waals surface area contributed by atoms with Crippen LogP contribution in [0.2, 0.25) is 0 Å². The summed E-state index contributed by atoms with van der Waals surface area (Å²) in [7, 11) is 0. The number of unbranched alkanes of at least 4 members (excludes halogenated alkanes) is 6. The van der Waals surface area contributed by atoms with E-state index < -0.39 is 0 Å². The third-order valence-corrected chi connectivity index (χ3v) is 2.85. The number of nitrogens with zero attached hydrogens (tertiary/aromatic N) is 1. The van der Waals surface area contributed by atoms with Crippen LogP contribution < -0.4 is 0 Å². The number of hydrogen-bond donors (Lipinski definition) is 1. The van der Waals surface area contributed by atoms with Crippen LogP contribution in [0.1, 0.15) is 71.6 Å². The fourth-order valence-electron chi connectivity index (χ4n) is 1.63. The predicted octanol–water partition coefficient (Wildman–Crippen LogP) is 4.78. The molecule has 0 spiro atoms. The van der Waals surface area contributed by atoms with Gasteiger partial charge in [-0.15, -0.1) is 4.91 Å². The maximum atomic E-state index is 11.5. The summed E-state index contributed by atoms with van der Waals surface area (Å²) in [5.41, 5.74) is 0.636. The van der Waals surface area contributed by atoms with Gasteiger partial charge in [0.2, 0.25) is 0 Å². The molecule has 0 heterocycles. The fourth-order valence-corrected chi connectivity index (χ4v) is 1.63. The van der Waals surface area contributed by atoms with E-state index in [1.165, 1.54) is 37.4 Å². The first-order valence-electron chi connectivity index (χ1n) is 7.45. The second-order valence-corrected chi connectivity index (χ2v) is 4.69. The topological polar surface area (TPSA) is 76.0 Å². The highest BCUT2D eigenvalue weighted by atomic mass is 16.6. The number of rotatable bonds is 11. The number of ether oxygens (including phenoxy) is 1. The van der Waals surface area contributed by atoms with Crippen LogP contribution in [0.25, 0.3) is 0 Å². The molecule has 0 atom stereocenters. The van der Waals surface area contributed by atoms with Gasteiger partial charge in [-0.2, -0.15) is 0 Å². The Bertz CT molecular complexity index is 254. The molecule has 20 heavy (non-hydrogen) atoms. The van der Waals surface area contributed by atoms with Crippen LogP contribution in [0.3, 0.4) is 0 Å². The molecule has 5 heteroatoms. The molecule has 0 unspecified atom stereocenters. The molecule has 0 aliphatic heterocycles. The Labute approximate surface area is 122 Å². The largest absolute Gasteiger partial charge is 0.462 e. The summed E-state index contributed by atoms with van der Waals surface area (Å²) in [5.74, 6) is -0.202. The second-order valence-electron chi connectivity index (χ2n) is 4.69. The molecule has 0 aromatic carbocycles. The third-order valence-electron chi connectivity index (χ3n) is 2.85. The average molecular weight is 287 g/mol. The van der Waals surface area contributed by atoms with Crippen molar-refractivity contribution >= 4 is 5.97 Å². The predicted molar refractivity (Wildman–Crippen MR) is 80.6 cm³/mol. The van der Waals surface area contributed by atoms with Crippen molar-refractivity contribution in [3.63, 3.8) is 0 Å². The van der Waals surface area contributed by atoms with E-state index in [0.29, 0.717) is 12.2 Å². The highest BCUT2D eigenvalue weighted by Crippen LogP contribution is 2.11. The zero-order valence-electron chi connectivity index (χ0n) is 12.9. The van der Waals surface area contributed by atoms with Crippen LogP contribution in [0.5, 0.6) is 0 Å². The molecule has 0 aromatic heterocycles. The number of esters is 1. The quantitative estimate of drug-likeness (QED) is 0.195. The van der Waals surface area contributed by atoms with Gasteiger partial charge < -0.3 is 9.94 Å². The summed E-state index contributed by atoms with van der Waals surface area (Å²) in [4.78, 5) is 19.6. The Kier molecular flexibility index (Phi) is 18.4. The van der Waals surface area contributed by atoms with Gasteiger partial charge >= 0.3 is 5.97 Å². The molecule has 0 radical (unpaired) electrons. The van der Waals surface area contributed by atoms with Crippen LogP contribution in [-0.4, -0.2) is 17.8 Å². The lowest BCUT2D eigenvalue weighted by Gasteiger charge is -2.06. The molecule has 0 bridgehead atoms. The van der Waals surface area contributed by atoms with Crippen molar-refractivity contribution in [1.29, 1.82) is 0 Å². The molecule has 1 N–H and O–H groups in total. The lowest BCUT2D eigenvalue weighted by atomic mass is 10.1. The normalized spacial score (nSPS) is 9.30. The van der Waals surface area contributed by atoms with Crippen LogP contribution in [0.4, 0.5) is 0 Å². The van der Waals surface area contributed by atoms with E-state index in [-0.39, 0.29) is 5.97 Å². The fraction of sp³-hybridized carbons (Fsp3) is 0.800. The lowest BCUT2D eigenvalue weighted by Crippen LogP contribution is -2.08. The minimum absolute atomic E-state index is 0.202. The Balaban J connectivity index is 0. The number of hydrogen-bond acceptors (Lipinski definition) is 4. The first-order chi connectivity index (χ1) is 9.63. The van der Waals surface area contributed by atoms with Crippen LogP contribution in [0, 0.1) is 4.91 Å². The highest BCUT2D eigenvalue weighted by Gasteiger charge is 2.07. The van der Waals surface area contributed by atoms with Crippen molar-refractivity contribution in [1.82, 2.24) is 0 Å². The molecule has 118 valence electrons. The van der Waals surface area contributed by atoms with Gasteiger partial charge in [0.05, 0.1) is 6.61 Å². The van der Waals surface area contributed by atoms with Crippen molar-refractivity contribution in [3.05, 3.63) is 17.1 Å². The van der Waals surface area contributed by atoms with Crippen LogP contribution >= 0.6 is 0 Å². The molecule has 0 aromatic rings. The van der Waals surface area contributed by atoms with Crippen molar-refractivity contribution in [2.24, 2.45) is 5.34 Å². The highest BCUT2D eigenvalue weighted by molar-refractivity contribution is 5.87. The van der Waals surface area contributed by atoms with Crippen LogP contribution in [-0.2, 0) is 9.53 Å². The molecule has 0 amide bonds. The monoisotopic (exact) mass is 287 g/mol. The summed E-state index contributed by atoms with van der Waals surface area (Å²) < 4.78 is 5.10. The number of carbonyl (C=O) groups is 1. The SMILES string of the molecule is C=C(CCCCCCCC)C(=O)OCCCC.O=NO. The van der Waals surface area contributed by atoms with Gasteiger partial charge in [-0.25, -0.2) is 4.79 Å². The van der Waals surface area contributed by atoms with E-state index in [0.717, 1.165) is 25.7 Å². The van der Waals surface area contributed by atoms with Crippen molar-refractivity contribution in [2.45, 2.75) is 71.6 Å². The Hall–Kier alpha value is -1.39. The summed E-state index contributed by atoms with van der Waals surface area (Å²) >= 11 is 0. The third kappa shape index (κ3) is 16.6. The van der Waals surface area contributed by atoms with Gasteiger partial charge in [-0.05, 0) is 19.3 Å². The van der Waals surface area contributed by atoms with E-state index in [1.54, 1.807) is 0 Å². The molecule has 0 fully saturated rings. The Morgan fingerprint density at radius 2 is 1.55 bits per heavy atom. The lowest BCUT2D eigenvalue weighted by molar-refractivity contribution is -0.139. The molecule has 0 aliphatic rings. The maximum Gasteiger partial charge on any atom is 0.333 e. The summed E-state index contributed by atoms with van der Waals surface area (Å²) in [6.07, 6.45) is 10.2. The smallest absolute Gasteiger partial charge is 0.333 e. The van der Waals surface area contributed by atoms with Gasteiger partial charge in [0, 0.05) is 5.57 Å². The molecular weight excluding hydrogens is 258 g/mol. The van der Waals surface area contributed by atoms with Gasteiger partial charge in [-0.3, -0.25) is 0 Å². The van der Waals surface area contributed by atoms with Crippen molar-refractivity contribution < 1.29 is 14.7 Å². The molecule has 0 rings (SSSR count). The van der Waals surface area contributed by atoms with E-state index in [4.69, 9.17) is 14.9 Å². The standard InChI is InChI=1S/C15H28O2.HNO2/c1-4-6-8-9-10-11-12-14(3)15(16)17-13-7-5-2;2-1-3/h3-13H2,1-2H3;(H,2,3). The van der Waals surface area contributed by atoms with E-state index in [2.05, 4.69) is 20.4 Å². The summed E-state index contributed by atoms with van der Waals surface area (Å²) in [6.45, 7) is 8.62. The van der Waals surface area contributed by atoms with Gasteiger partial charge in [-0.1, -0.05) is 59.0 Å². The average Bonchev–Trinajstić information content (AvgIpc) is 2.43. The van der Waals surface area contributed by atoms with Gasteiger partial charge in [0.15, 0.2) is 5.34 Å². The van der Waals surface area contributed by atoms with Crippen molar-refractivity contribution in [2.75, 3.05) is 6.61 Å². The zero-order chi connectivity index (χ0) is 15.6. The minimum atomic E-state index is -0.202. The second kappa shape index (κ2) is 17.6. The Morgan fingerprint density at radius 1 is 1.05 bits per heavy atom. The molecule has 0 saturated heterocycles. The Morgan fingerprint density at radius 3 is 2.10 bits per heavy atom. The molecule has 5 nitrogen and oxygen atoms in total. The summed E-state index contributed by atoms with van der Waals surface area (Å²) in [5, 5.41) is 7.89. The first-order valence-corrected chi connectivity index (χ1v) is 7.45. The molecule has 0 saturated carbocycles. The summed E-state index contributed by atoms with van der Waals surface area (Å²) in [6, 6.07) is 0.